The Hall–Kier alpha value is -1.72. The Morgan fingerprint density at radius 2 is 2.05 bits per heavy atom. The summed E-state index contributed by atoms with van der Waals surface area (Å²) in [5.74, 6) is 0.0532. The quantitative estimate of drug-likeness (QED) is 0.804. The number of benzene rings is 1. The van der Waals surface area contributed by atoms with E-state index in [0.29, 0.717) is 6.42 Å². The second kappa shape index (κ2) is 7.17. The summed E-state index contributed by atoms with van der Waals surface area (Å²) in [5, 5.41) is 9.03. The minimum atomic E-state index is 0.0532. The van der Waals surface area contributed by atoms with Gasteiger partial charge in [0.05, 0.1) is 10.7 Å². The van der Waals surface area contributed by atoms with Crippen LogP contribution in [0.2, 0.25) is 0 Å². The molecule has 2 N–H and O–H groups in total. The van der Waals surface area contributed by atoms with Crippen molar-refractivity contribution in [1.82, 2.24) is 10.3 Å². The number of aromatic nitrogens is 1. The van der Waals surface area contributed by atoms with Crippen LogP contribution in [-0.2, 0) is 4.79 Å². The van der Waals surface area contributed by atoms with Crippen LogP contribution < -0.4 is 10.6 Å². The minimum absolute atomic E-state index is 0.0532. The standard InChI is InChI=1S/C15H19N3OS/c1-11-17-14(10-20-11)12-5-7-13(8-6-12)18-15(19)4-3-9-16-2/h5-8,10,16H,3-4,9H2,1-2H3,(H,18,19). The van der Waals surface area contributed by atoms with E-state index in [-0.39, 0.29) is 5.91 Å². The van der Waals surface area contributed by atoms with Gasteiger partial charge in [0.1, 0.15) is 0 Å². The molecule has 1 amide bonds. The van der Waals surface area contributed by atoms with Gasteiger partial charge in [0.25, 0.3) is 0 Å². The van der Waals surface area contributed by atoms with Crippen molar-refractivity contribution < 1.29 is 4.79 Å². The van der Waals surface area contributed by atoms with E-state index in [1.807, 2.05) is 43.6 Å². The molecule has 5 heteroatoms. The SMILES string of the molecule is CNCCCC(=O)Nc1ccc(-c2csc(C)n2)cc1. The Kier molecular flexibility index (Phi) is 5.26. The molecule has 0 fully saturated rings. The van der Waals surface area contributed by atoms with Gasteiger partial charge in [-0.2, -0.15) is 0 Å². The molecule has 0 aliphatic carbocycles. The van der Waals surface area contributed by atoms with E-state index in [9.17, 15) is 4.79 Å². The number of hydrogen-bond acceptors (Lipinski definition) is 4. The first kappa shape index (κ1) is 14.7. The monoisotopic (exact) mass is 289 g/mol. The van der Waals surface area contributed by atoms with Gasteiger partial charge in [-0.1, -0.05) is 12.1 Å². The van der Waals surface area contributed by atoms with Crippen molar-refractivity contribution in [2.75, 3.05) is 18.9 Å². The molecule has 0 aliphatic heterocycles. The molecule has 2 aromatic rings. The van der Waals surface area contributed by atoms with Gasteiger partial charge in [0, 0.05) is 23.1 Å². The molecule has 0 aliphatic rings. The lowest BCUT2D eigenvalue weighted by Crippen LogP contribution is -2.15. The Bertz CT molecular complexity index is 563. The summed E-state index contributed by atoms with van der Waals surface area (Å²) in [7, 11) is 1.89. The maximum absolute atomic E-state index is 11.7. The van der Waals surface area contributed by atoms with Gasteiger partial charge in [-0.3, -0.25) is 4.79 Å². The van der Waals surface area contributed by atoms with Crippen molar-refractivity contribution in [2.24, 2.45) is 0 Å². The van der Waals surface area contributed by atoms with Crippen LogP contribution in [-0.4, -0.2) is 24.5 Å². The molecule has 0 bridgehead atoms. The molecule has 0 saturated carbocycles. The molecule has 1 aromatic heterocycles. The van der Waals surface area contributed by atoms with Crippen LogP contribution in [0.5, 0.6) is 0 Å². The zero-order chi connectivity index (χ0) is 14.4. The highest BCUT2D eigenvalue weighted by molar-refractivity contribution is 7.09. The third-order valence-corrected chi connectivity index (χ3v) is 3.69. The molecular formula is C15H19N3OS. The zero-order valence-corrected chi connectivity index (χ0v) is 12.6. The highest BCUT2D eigenvalue weighted by Crippen LogP contribution is 2.23. The third kappa shape index (κ3) is 4.15. The number of amides is 1. The van der Waals surface area contributed by atoms with Gasteiger partial charge in [-0.25, -0.2) is 4.98 Å². The number of carbonyl (C=O) groups excluding carboxylic acids is 1. The predicted octanol–water partition coefficient (Wildman–Crippen LogP) is 3.06. The summed E-state index contributed by atoms with van der Waals surface area (Å²) in [6.07, 6.45) is 1.38. The third-order valence-electron chi connectivity index (χ3n) is 2.91. The van der Waals surface area contributed by atoms with Gasteiger partial charge in [0.2, 0.25) is 5.91 Å². The number of anilines is 1. The molecule has 1 aromatic carbocycles. The van der Waals surface area contributed by atoms with Gasteiger partial charge in [-0.15, -0.1) is 11.3 Å². The number of rotatable bonds is 6. The van der Waals surface area contributed by atoms with E-state index in [2.05, 4.69) is 15.6 Å². The van der Waals surface area contributed by atoms with Crippen LogP contribution in [0.15, 0.2) is 29.6 Å². The Morgan fingerprint density at radius 3 is 2.65 bits per heavy atom. The molecule has 0 atom stereocenters. The number of nitrogens with zero attached hydrogens (tertiary/aromatic N) is 1. The Labute approximate surface area is 123 Å². The first-order valence-electron chi connectivity index (χ1n) is 6.66. The number of nitrogens with one attached hydrogen (secondary N) is 2. The summed E-state index contributed by atoms with van der Waals surface area (Å²) in [6, 6.07) is 7.80. The number of thiazole rings is 1. The van der Waals surface area contributed by atoms with Crippen LogP contribution in [0, 0.1) is 6.92 Å². The van der Waals surface area contributed by atoms with E-state index in [0.717, 1.165) is 34.9 Å². The smallest absolute Gasteiger partial charge is 0.224 e. The Balaban J connectivity index is 1.93. The number of aryl methyl sites for hydroxylation is 1. The van der Waals surface area contributed by atoms with E-state index >= 15 is 0 Å². The highest BCUT2D eigenvalue weighted by atomic mass is 32.1. The first-order valence-corrected chi connectivity index (χ1v) is 7.54. The van der Waals surface area contributed by atoms with Crippen molar-refractivity contribution >= 4 is 22.9 Å². The summed E-state index contributed by atoms with van der Waals surface area (Å²) in [5.41, 5.74) is 2.89. The molecule has 0 radical (unpaired) electrons. The van der Waals surface area contributed by atoms with Crippen LogP contribution in [0.3, 0.4) is 0 Å². The Morgan fingerprint density at radius 1 is 1.30 bits per heavy atom. The molecule has 20 heavy (non-hydrogen) atoms. The van der Waals surface area contributed by atoms with Gasteiger partial charge in [0.15, 0.2) is 0 Å². The number of carbonyl (C=O) groups is 1. The zero-order valence-electron chi connectivity index (χ0n) is 11.8. The van der Waals surface area contributed by atoms with Crippen LogP contribution >= 0.6 is 11.3 Å². The van der Waals surface area contributed by atoms with Gasteiger partial charge >= 0.3 is 0 Å². The molecule has 0 unspecified atom stereocenters. The van der Waals surface area contributed by atoms with Crippen LogP contribution in [0.1, 0.15) is 17.8 Å². The minimum Gasteiger partial charge on any atom is -0.326 e. The predicted molar refractivity (Wildman–Crippen MR) is 84.1 cm³/mol. The summed E-state index contributed by atoms with van der Waals surface area (Å²) < 4.78 is 0. The van der Waals surface area contributed by atoms with Gasteiger partial charge in [-0.05, 0) is 39.1 Å². The van der Waals surface area contributed by atoms with E-state index in [1.165, 1.54) is 0 Å². The van der Waals surface area contributed by atoms with Crippen molar-refractivity contribution in [3.05, 3.63) is 34.7 Å². The first-order chi connectivity index (χ1) is 9.69. The average molecular weight is 289 g/mol. The summed E-state index contributed by atoms with van der Waals surface area (Å²) >= 11 is 1.64. The fraction of sp³-hybridized carbons (Fsp3) is 0.333. The highest BCUT2D eigenvalue weighted by Gasteiger charge is 2.04. The molecule has 1 heterocycles. The molecule has 0 saturated heterocycles. The maximum Gasteiger partial charge on any atom is 0.224 e. The van der Waals surface area contributed by atoms with Crippen molar-refractivity contribution in [3.63, 3.8) is 0 Å². The molecule has 0 spiro atoms. The lowest BCUT2D eigenvalue weighted by molar-refractivity contribution is -0.116. The lowest BCUT2D eigenvalue weighted by atomic mass is 10.1. The molecule has 106 valence electrons. The average Bonchev–Trinajstić information content (AvgIpc) is 2.86. The topological polar surface area (TPSA) is 54.0 Å². The van der Waals surface area contributed by atoms with Crippen molar-refractivity contribution in [2.45, 2.75) is 19.8 Å². The van der Waals surface area contributed by atoms with E-state index in [1.54, 1.807) is 11.3 Å². The van der Waals surface area contributed by atoms with E-state index < -0.39 is 0 Å². The largest absolute Gasteiger partial charge is 0.326 e. The van der Waals surface area contributed by atoms with Crippen LogP contribution in [0.4, 0.5) is 5.69 Å². The second-order valence-electron chi connectivity index (χ2n) is 4.58. The fourth-order valence-electron chi connectivity index (χ4n) is 1.87. The number of hydrogen-bond donors (Lipinski definition) is 2. The fourth-order valence-corrected chi connectivity index (χ4v) is 2.49. The van der Waals surface area contributed by atoms with Crippen molar-refractivity contribution in [1.29, 1.82) is 0 Å². The normalized spacial score (nSPS) is 10.5. The molecule has 4 nitrogen and oxygen atoms in total. The van der Waals surface area contributed by atoms with Crippen LogP contribution in [0.25, 0.3) is 11.3 Å². The molecular weight excluding hydrogens is 270 g/mol. The lowest BCUT2D eigenvalue weighted by Gasteiger charge is -2.06. The molecule has 2 rings (SSSR count). The second-order valence-corrected chi connectivity index (χ2v) is 5.65. The van der Waals surface area contributed by atoms with Gasteiger partial charge < -0.3 is 10.6 Å². The summed E-state index contributed by atoms with van der Waals surface area (Å²) in [6.45, 7) is 2.85. The maximum atomic E-state index is 11.7. The van der Waals surface area contributed by atoms with E-state index in [4.69, 9.17) is 0 Å². The summed E-state index contributed by atoms with van der Waals surface area (Å²) in [4.78, 5) is 16.1. The van der Waals surface area contributed by atoms with Crippen molar-refractivity contribution in [3.8, 4) is 11.3 Å².